The minimum atomic E-state index is 0.121. The summed E-state index contributed by atoms with van der Waals surface area (Å²) in [4.78, 5) is 16.0. The molecule has 0 spiro atoms. The van der Waals surface area contributed by atoms with E-state index in [9.17, 15) is 5.11 Å². The van der Waals surface area contributed by atoms with Crippen LogP contribution >= 0.6 is 0 Å². The third kappa shape index (κ3) is 8.55. The van der Waals surface area contributed by atoms with E-state index in [2.05, 4.69) is 201 Å². The molecule has 0 atom stereocenters. The summed E-state index contributed by atoms with van der Waals surface area (Å²) in [6.07, 6.45) is 3.87. The highest BCUT2D eigenvalue weighted by atomic mass is 16.3. The molecule has 0 aliphatic carbocycles. The van der Waals surface area contributed by atoms with Gasteiger partial charge in [-0.3, -0.25) is 0 Å². The number of fused-ring (bicyclic) bond motifs is 7. The van der Waals surface area contributed by atoms with Gasteiger partial charge in [0.2, 0.25) is 0 Å². The number of para-hydroxylation sites is 2. The molecule has 0 radical (unpaired) electrons. The summed E-state index contributed by atoms with van der Waals surface area (Å²) in [6, 6.07) is 82.4. The van der Waals surface area contributed by atoms with Crippen molar-refractivity contribution in [2.45, 2.75) is 20.8 Å². The molecule has 0 aliphatic heterocycles. The Bertz CT molecular complexity index is 5120. The number of benzene rings is 11. The summed E-state index contributed by atoms with van der Waals surface area (Å²) >= 11 is 0. The van der Waals surface area contributed by atoms with E-state index in [-0.39, 0.29) is 5.75 Å². The lowest BCUT2D eigenvalue weighted by Crippen LogP contribution is -2.04. The molecule has 15 rings (SSSR count). The molecule has 7 heteroatoms. The zero-order valence-electron chi connectivity index (χ0n) is 47.2. The van der Waals surface area contributed by atoms with Gasteiger partial charge < -0.3 is 18.7 Å². The normalized spacial score (nSPS) is 11.6. The van der Waals surface area contributed by atoms with E-state index in [1.165, 1.54) is 22.3 Å². The maximum absolute atomic E-state index is 11.7. The second-order valence-electron chi connectivity index (χ2n) is 22.0. The van der Waals surface area contributed by atoms with Gasteiger partial charge in [0.15, 0.2) is 17.5 Å². The van der Waals surface area contributed by atoms with Gasteiger partial charge in [-0.2, -0.15) is 0 Å². The summed E-state index contributed by atoms with van der Waals surface area (Å²) in [5.74, 6) is 1.45. The summed E-state index contributed by atoms with van der Waals surface area (Å²) in [7, 11) is 0. The van der Waals surface area contributed by atoms with Gasteiger partial charge in [-0.15, -0.1) is 0 Å². The van der Waals surface area contributed by atoms with Crippen molar-refractivity contribution in [3.63, 3.8) is 0 Å². The van der Waals surface area contributed by atoms with Crippen LogP contribution in [0.1, 0.15) is 27.9 Å². The first-order chi connectivity index (χ1) is 41.7. The third-order valence-corrected chi connectivity index (χ3v) is 16.7. The standard InChI is InChI=1S/C78H55N5O2/c1-6-58-60-27-17-19-29-68(60)82(67(58)7-2)57-34-37-61-66-41-53(74-48(4)39-47(3)40-49(74)5)33-38-69(66)83(70(61)46-57)75-64(51-23-13-9-14-24-51)42-56(43-65(75)52-25-15-10-16-26-52)78-80-76(54-31-35-59(71(84)44-54)50-21-11-8-12-22-50)79-77(81-78)55-32-36-63-62-28-18-20-30-72(62)85-73(63)45-55/h6-46,84H,1-2H2,3-5H3. The number of rotatable bonds is 11. The van der Waals surface area contributed by atoms with Crippen LogP contribution in [0.5, 0.6) is 5.75 Å². The molecule has 4 heterocycles. The van der Waals surface area contributed by atoms with Crippen LogP contribution in [0.2, 0.25) is 0 Å². The second kappa shape index (κ2) is 20.4. The van der Waals surface area contributed by atoms with E-state index in [0.29, 0.717) is 28.6 Å². The predicted molar refractivity (Wildman–Crippen MR) is 352 cm³/mol. The Morgan fingerprint density at radius 2 is 0.929 bits per heavy atom. The molecule has 1 N–H and O–H groups in total. The lowest BCUT2D eigenvalue weighted by Gasteiger charge is -2.21. The molecule has 0 saturated carbocycles. The minimum absolute atomic E-state index is 0.121. The number of hydrogen-bond acceptors (Lipinski definition) is 5. The van der Waals surface area contributed by atoms with Crippen molar-refractivity contribution in [3.8, 4) is 95.8 Å². The summed E-state index contributed by atoms with van der Waals surface area (Å²) in [5.41, 5.74) is 22.6. The second-order valence-corrected chi connectivity index (χ2v) is 22.0. The molecule has 0 saturated heterocycles. The fourth-order valence-electron chi connectivity index (χ4n) is 13.0. The first kappa shape index (κ1) is 50.8. The molecule has 7 nitrogen and oxygen atoms in total. The topological polar surface area (TPSA) is 81.9 Å². The van der Waals surface area contributed by atoms with Crippen molar-refractivity contribution < 1.29 is 9.52 Å². The highest BCUT2D eigenvalue weighted by Crippen LogP contribution is 2.46. The Morgan fingerprint density at radius 3 is 1.58 bits per heavy atom. The zero-order valence-corrected chi connectivity index (χ0v) is 47.2. The fraction of sp³-hybridized carbons (Fsp3) is 0.0385. The Hall–Kier alpha value is -11.2. The van der Waals surface area contributed by atoms with Crippen LogP contribution < -0.4 is 0 Å². The van der Waals surface area contributed by atoms with Gasteiger partial charge in [0.25, 0.3) is 0 Å². The van der Waals surface area contributed by atoms with E-state index in [1.54, 1.807) is 6.07 Å². The van der Waals surface area contributed by atoms with E-state index in [1.807, 2.05) is 84.9 Å². The molecule has 4 aromatic heterocycles. The molecule has 0 bridgehead atoms. The molecular formula is C78H55N5O2. The van der Waals surface area contributed by atoms with Crippen molar-refractivity contribution in [1.29, 1.82) is 0 Å². The van der Waals surface area contributed by atoms with Crippen LogP contribution in [-0.2, 0) is 0 Å². The van der Waals surface area contributed by atoms with Gasteiger partial charge >= 0.3 is 0 Å². The number of phenolic OH excluding ortho intramolecular Hbond substituents is 1. The maximum atomic E-state index is 11.7. The van der Waals surface area contributed by atoms with E-state index in [4.69, 9.17) is 19.4 Å². The average Bonchev–Trinajstić information content (AvgIpc) is 1.84. The molecular weight excluding hydrogens is 1040 g/mol. The number of aromatic nitrogens is 5. The van der Waals surface area contributed by atoms with Gasteiger partial charge in [-0.25, -0.2) is 15.0 Å². The number of nitrogens with zero attached hydrogens (tertiary/aromatic N) is 5. The minimum Gasteiger partial charge on any atom is -0.507 e. The van der Waals surface area contributed by atoms with Gasteiger partial charge in [0, 0.05) is 71.6 Å². The Kier molecular flexibility index (Phi) is 12.2. The van der Waals surface area contributed by atoms with Gasteiger partial charge in [0.1, 0.15) is 16.9 Å². The average molecular weight is 1090 g/mol. The van der Waals surface area contributed by atoms with Crippen LogP contribution in [-0.4, -0.2) is 29.2 Å². The maximum Gasteiger partial charge on any atom is 0.164 e. The number of phenols is 1. The Labute approximate surface area is 492 Å². The van der Waals surface area contributed by atoms with Crippen molar-refractivity contribution in [1.82, 2.24) is 24.1 Å². The SMILES string of the molecule is C=Cc1c(C=C)n(-c2ccc3c4cc(-c5c(C)cc(C)cc5C)ccc4n(-c4c(-c5ccccc5)cc(-c5nc(-c6ccc(-c7ccccc7)c(O)c6)nc(-c6ccc7c(c6)oc6ccccc67)n5)cc4-c4ccccc4)c3c2)c2ccccc12. The number of aromatic hydroxyl groups is 1. The van der Waals surface area contributed by atoms with Crippen LogP contribution in [0.25, 0.3) is 157 Å². The van der Waals surface area contributed by atoms with Crippen molar-refractivity contribution in [2.75, 3.05) is 0 Å². The molecule has 0 amide bonds. The molecule has 85 heavy (non-hydrogen) atoms. The van der Waals surface area contributed by atoms with Crippen LogP contribution in [0.4, 0.5) is 0 Å². The molecule has 404 valence electrons. The number of hydrogen-bond donors (Lipinski definition) is 1. The molecule has 0 unspecified atom stereocenters. The van der Waals surface area contributed by atoms with E-state index in [0.717, 1.165) is 122 Å². The number of furan rings is 1. The predicted octanol–water partition coefficient (Wildman–Crippen LogP) is 20.4. The Balaban J connectivity index is 1.03. The van der Waals surface area contributed by atoms with E-state index < -0.39 is 0 Å². The smallest absolute Gasteiger partial charge is 0.164 e. The van der Waals surface area contributed by atoms with Crippen molar-refractivity contribution in [2.24, 2.45) is 0 Å². The molecule has 15 aromatic rings. The van der Waals surface area contributed by atoms with Gasteiger partial charge in [-0.1, -0.05) is 189 Å². The third-order valence-electron chi connectivity index (χ3n) is 16.7. The van der Waals surface area contributed by atoms with Crippen LogP contribution in [0, 0.1) is 20.8 Å². The van der Waals surface area contributed by atoms with Gasteiger partial charge in [-0.05, 0) is 139 Å². The highest BCUT2D eigenvalue weighted by molar-refractivity contribution is 6.13. The summed E-state index contributed by atoms with van der Waals surface area (Å²) < 4.78 is 11.2. The Morgan fingerprint density at radius 1 is 0.388 bits per heavy atom. The number of aryl methyl sites for hydroxylation is 3. The molecule has 0 fully saturated rings. The molecule has 0 aliphatic rings. The molecule has 11 aromatic carbocycles. The first-order valence-corrected chi connectivity index (χ1v) is 28.6. The lowest BCUT2D eigenvalue weighted by atomic mass is 9.92. The first-order valence-electron chi connectivity index (χ1n) is 28.6. The van der Waals surface area contributed by atoms with Gasteiger partial charge in [0.05, 0.1) is 27.9 Å². The van der Waals surface area contributed by atoms with E-state index >= 15 is 0 Å². The summed E-state index contributed by atoms with van der Waals surface area (Å²) in [5, 5.41) is 17.1. The zero-order chi connectivity index (χ0) is 57.4. The monoisotopic (exact) mass is 1090 g/mol. The summed E-state index contributed by atoms with van der Waals surface area (Å²) in [6.45, 7) is 15.2. The highest BCUT2D eigenvalue weighted by Gasteiger charge is 2.26. The van der Waals surface area contributed by atoms with Crippen molar-refractivity contribution >= 4 is 66.8 Å². The van der Waals surface area contributed by atoms with Crippen molar-refractivity contribution in [3.05, 3.63) is 278 Å². The largest absolute Gasteiger partial charge is 0.507 e. The fourth-order valence-corrected chi connectivity index (χ4v) is 13.0. The van der Waals surface area contributed by atoms with Crippen LogP contribution in [0.15, 0.2) is 254 Å². The quantitative estimate of drug-likeness (QED) is 0.140. The van der Waals surface area contributed by atoms with Crippen LogP contribution in [0.3, 0.4) is 0 Å². The lowest BCUT2D eigenvalue weighted by molar-refractivity contribution is 0.477.